The normalized spacial score (nSPS) is 47.0. The molecule has 4 nitrogen and oxygen atoms in total. The number of unbranched alkanes of at least 4 members (excludes halogenated alkanes) is 2. The molecule has 0 radical (unpaired) electrons. The van der Waals surface area contributed by atoms with Crippen molar-refractivity contribution in [2.45, 2.75) is 83.0 Å². The smallest absolute Gasteiger partial charge is 0.315 e. The first-order chi connectivity index (χ1) is 12.2. The fourth-order valence-electron chi connectivity index (χ4n) is 6.67. The lowest BCUT2D eigenvalue weighted by Gasteiger charge is -2.50. The van der Waals surface area contributed by atoms with Crippen LogP contribution in [0, 0.1) is 23.7 Å². The molecule has 2 aliphatic carbocycles. The predicted octanol–water partition coefficient (Wildman–Crippen LogP) is 3.78. The van der Waals surface area contributed by atoms with E-state index in [4.69, 9.17) is 9.47 Å². The van der Waals surface area contributed by atoms with Crippen LogP contribution < -0.4 is 0 Å². The molecule has 2 saturated carbocycles. The molecule has 0 unspecified atom stereocenters. The number of fused-ring (bicyclic) bond motifs is 1. The van der Waals surface area contributed by atoms with E-state index in [0.717, 1.165) is 36.8 Å². The van der Waals surface area contributed by atoms with Crippen molar-refractivity contribution in [1.29, 1.82) is 0 Å². The fraction of sp³-hybridized carbons (Fsp3) is 0.955. The van der Waals surface area contributed by atoms with Crippen molar-refractivity contribution in [3.05, 3.63) is 0 Å². The summed E-state index contributed by atoms with van der Waals surface area (Å²) in [6.07, 6.45) is 8.54. The van der Waals surface area contributed by atoms with Gasteiger partial charge in [-0.05, 0) is 51.4 Å². The molecule has 1 spiro atoms. The van der Waals surface area contributed by atoms with Crippen LogP contribution in [0.2, 0.25) is 0 Å². The Hall–Kier alpha value is -0.610. The van der Waals surface area contributed by atoms with Gasteiger partial charge in [-0.3, -0.25) is 4.79 Å². The van der Waals surface area contributed by atoms with Crippen LogP contribution in [0.15, 0.2) is 0 Å². The quantitative estimate of drug-likeness (QED) is 0.312. The van der Waals surface area contributed by atoms with Crippen molar-refractivity contribution in [2.75, 3.05) is 27.2 Å². The second-order valence-corrected chi connectivity index (χ2v) is 10.5. The molecule has 0 amide bonds. The molecular weight excluding hydrogens is 326 g/mol. The van der Waals surface area contributed by atoms with E-state index < -0.39 is 0 Å². The second kappa shape index (κ2) is 6.20. The molecule has 26 heavy (non-hydrogen) atoms. The summed E-state index contributed by atoms with van der Waals surface area (Å²) in [5.41, 5.74) is -0.359. The third-order valence-corrected chi connectivity index (χ3v) is 8.15. The molecule has 7 atom stereocenters. The Labute approximate surface area is 159 Å². The van der Waals surface area contributed by atoms with Crippen molar-refractivity contribution in [3.63, 3.8) is 0 Å². The van der Waals surface area contributed by atoms with Gasteiger partial charge in [0.2, 0.25) is 0 Å². The van der Waals surface area contributed by atoms with Crippen LogP contribution in [-0.4, -0.2) is 54.9 Å². The number of quaternary nitrogens is 1. The maximum absolute atomic E-state index is 13.1. The summed E-state index contributed by atoms with van der Waals surface area (Å²) < 4.78 is 13.5. The molecule has 0 aromatic heterocycles. The van der Waals surface area contributed by atoms with Crippen LogP contribution in [0.3, 0.4) is 0 Å². The highest BCUT2D eigenvalue weighted by Gasteiger charge is 2.77. The van der Waals surface area contributed by atoms with E-state index in [0.29, 0.717) is 17.8 Å². The Morgan fingerprint density at radius 2 is 1.92 bits per heavy atom. The summed E-state index contributed by atoms with van der Waals surface area (Å²) in [6, 6.07) is 0. The Morgan fingerprint density at radius 1 is 1.15 bits per heavy atom. The summed E-state index contributed by atoms with van der Waals surface area (Å²) in [5, 5.41) is 0. The van der Waals surface area contributed by atoms with E-state index in [-0.39, 0.29) is 29.2 Å². The van der Waals surface area contributed by atoms with Gasteiger partial charge < -0.3 is 14.0 Å². The predicted molar refractivity (Wildman–Crippen MR) is 102 cm³/mol. The monoisotopic (exact) mass is 364 g/mol. The lowest BCUT2D eigenvalue weighted by Crippen LogP contribution is -2.59. The van der Waals surface area contributed by atoms with E-state index in [1.165, 1.54) is 25.7 Å². The molecule has 0 aromatic carbocycles. The summed E-state index contributed by atoms with van der Waals surface area (Å²) >= 11 is 0. The van der Waals surface area contributed by atoms with E-state index in [2.05, 4.69) is 34.9 Å². The van der Waals surface area contributed by atoms with Gasteiger partial charge in [-0.15, -0.1) is 0 Å². The van der Waals surface area contributed by atoms with Crippen LogP contribution in [-0.2, 0) is 14.3 Å². The third kappa shape index (κ3) is 2.74. The standard InChI is InChI=1S/C22H38NO3/c1-6-7-8-13-23(4,5)14-16-18-10-9-15(2)17-11-12-21(3)20(26-21)22(17,18)25-19(16)24/h15-18,20H,6-14H2,1-5H3/q+1/t15-,16+,17+,18+,20-,21-,22-/m1/s1. The highest BCUT2D eigenvalue weighted by Crippen LogP contribution is 2.66. The molecule has 4 fully saturated rings. The highest BCUT2D eigenvalue weighted by atomic mass is 16.7. The van der Waals surface area contributed by atoms with E-state index in [9.17, 15) is 4.79 Å². The number of epoxide rings is 1. The lowest BCUT2D eigenvalue weighted by atomic mass is 9.55. The summed E-state index contributed by atoms with van der Waals surface area (Å²) in [7, 11) is 4.57. The van der Waals surface area contributed by atoms with Crippen LogP contribution in [0.1, 0.15) is 65.7 Å². The third-order valence-electron chi connectivity index (χ3n) is 8.15. The molecule has 4 heteroatoms. The molecule has 2 saturated heterocycles. The summed E-state index contributed by atoms with van der Waals surface area (Å²) in [6.45, 7) is 8.90. The zero-order chi connectivity index (χ0) is 18.7. The molecule has 0 N–H and O–H groups in total. The Balaban J connectivity index is 1.57. The number of nitrogens with zero attached hydrogens (tertiary/aromatic N) is 1. The SMILES string of the molecule is CCCCC[N+](C)(C)C[C@@H]1C(=O)O[C@@]23[C@@H](CC[C@@]4(C)O[C@@H]24)[C@H](C)CC[C@@H]13. The number of carbonyl (C=O) groups excluding carboxylic acids is 1. The summed E-state index contributed by atoms with van der Waals surface area (Å²) in [5.74, 6) is 1.60. The Morgan fingerprint density at radius 3 is 2.65 bits per heavy atom. The summed E-state index contributed by atoms with van der Waals surface area (Å²) in [4.78, 5) is 13.1. The average Bonchev–Trinajstić information content (AvgIpc) is 3.19. The van der Waals surface area contributed by atoms with Gasteiger partial charge in [0.15, 0.2) is 0 Å². The molecule has 0 bridgehead atoms. The van der Waals surface area contributed by atoms with Crippen LogP contribution in [0.5, 0.6) is 0 Å². The first kappa shape index (κ1) is 18.7. The fourth-order valence-corrected chi connectivity index (χ4v) is 6.67. The number of hydrogen-bond donors (Lipinski definition) is 0. The van der Waals surface area contributed by atoms with Crippen molar-refractivity contribution in [1.82, 2.24) is 0 Å². The Bertz CT molecular complexity index is 576. The molecule has 4 aliphatic rings. The van der Waals surface area contributed by atoms with Gasteiger partial charge in [-0.2, -0.15) is 0 Å². The van der Waals surface area contributed by atoms with Gasteiger partial charge in [-0.1, -0.05) is 20.3 Å². The van der Waals surface area contributed by atoms with Gasteiger partial charge in [0.1, 0.15) is 17.6 Å². The highest BCUT2D eigenvalue weighted by molar-refractivity contribution is 5.77. The van der Waals surface area contributed by atoms with Gasteiger partial charge in [0.05, 0.1) is 32.8 Å². The van der Waals surface area contributed by atoms with Crippen LogP contribution in [0.25, 0.3) is 0 Å². The average molecular weight is 365 g/mol. The van der Waals surface area contributed by atoms with Crippen molar-refractivity contribution >= 4 is 5.97 Å². The van der Waals surface area contributed by atoms with Crippen LogP contribution in [0.4, 0.5) is 0 Å². The molecular formula is C22H38NO3+. The van der Waals surface area contributed by atoms with Gasteiger partial charge >= 0.3 is 5.97 Å². The number of ether oxygens (including phenoxy) is 2. The molecule has 2 aliphatic heterocycles. The van der Waals surface area contributed by atoms with Crippen LogP contribution >= 0.6 is 0 Å². The minimum atomic E-state index is -0.324. The zero-order valence-corrected chi connectivity index (χ0v) is 17.4. The van der Waals surface area contributed by atoms with Crippen molar-refractivity contribution < 1.29 is 18.8 Å². The van der Waals surface area contributed by atoms with E-state index in [1.807, 2.05) is 0 Å². The molecule has 4 rings (SSSR count). The number of esters is 1. The zero-order valence-electron chi connectivity index (χ0n) is 17.4. The number of carbonyl (C=O) groups is 1. The largest absolute Gasteiger partial charge is 0.455 e. The topological polar surface area (TPSA) is 38.8 Å². The molecule has 2 heterocycles. The number of hydrogen-bond acceptors (Lipinski definition) is 3. The van der Waals surface area contributed by atoms with Gasteiger partial charge in [-0.25, -0.2) is 0 Å². The minimum absolute atomic E-state index is 0.0352. The van der Waals surface area contributed by atoms with E-state index >= 15 is 0 Å². The lowest BCUT2D eigenvalue weighted by molar-refractivity contribution is -0.893. The first-order valence-electron chi connectivity index (χ1n) is 11.0. The van der Waals surface area contributed by atoms with Gasteiger partial charge in [0, 0.05) is 11.8 Å². The molecule has 0 aromatic rings. The molecule has 148 valence electrons. The second-order valence-electron chi connectivity index (χ2n) is 10.5. The van der Waals surface area contributed by atoms with Crippen molar-refractivity contribution in [2.24, 2.45) is 23.7 Å². The maximum Gasteiger partial charge on any atom is 0.315 e. The first-order valence-corrected chi connectivity index (χ1v) is 11.0. The van der Waals surface area contributed by atoms with E-state index in [1.54, 1.807) is 0 Å². The minimum Gasteiger partial charge on any atom is -0.455 e. The van der Waals surface area contributed by atoms with Crippen molar-refractivity contribution in [3.8, 4) is 0 Å². The van der Waals surface area contributed by atoms with Gasteiger partial charge in [0.25, 0.3) is 0 Å². The maximum atomic E-state index is 13.1. The number of rotatable bonds is 6. The Kier molecular flexibility index (Phi) is 4.47.